The van der Waals surface area contributed by atoms with Gasteiger partial charge >= 0.3 is 0 Å². The van der Waals surface area contributed by atoms with E-state index in [1.807, 2.05) is 0 Å². The summed E-state index contributed by atoms with van der Waals surface area (Å²) >= 11 is 0. The summed E-state index contributed by atoms with van der Waals surface area (Å²) in [5, 5.41) is 17.3. The van der Waals surface area contributed by atoms with Crippen molar-refractivity contribution in [2.75, 3.05) is 0 Å². The Bertz CT molecular complexity index is 290. The molecule has 1 aromatic rings. The quantitative estimate of drug-likeness (QED) is 0.636. The Morgan fingerprint density at radius 2 is 0.941 bits per heavy atom. The number of benzene rings is 1. The number of hydrogen-bond acceptors (Lipinski definition) is 3. The van der Waals surface area contributed by atoms with Gasteiger partial charge in [-0.2, -0.15) is 0 Å². The Morgan fingerprint density at radius 3 is 1.06 bits per heavy atom. The second-order valence-electron chi connectivity index (χ2n) is 5.84. The molecule has 0 atom stereocenters. The zero-order chi connectivity index (χ0) is 13.7. The van der Waals surface area contributed by atoms with Gasteiger partial charge in [0.25, 0.3) is 0 Å². The van der Waals surface area contributed by atoms with Gasteiger partial charge in [-0.3, -0.25) is 0 Å². The van der Waals surface area contributed by atoms with Gasteiger partial charge in [0, 0.05) is 0 Å². The molecule has 2 N–H and O–H groups in total. The zero-order valence-electron chi connectivity index (χ0n) is 11.6. The molecule has 0 aliphatic heterocycles. The summed E-state index contributed by atoms with van der Waals surface area (Å²) in [5.41, 5.74) is 0. The lowest BCUT2D eigenvalue weighted by Crippen LogP contribution is -2.39. The number of hydrogen-bond donors (Lipinski definition) is 2. The summed E-state index contributed by atoms with van der Waals surface area (Å²) in [6, 6.07) is 5.70. The van der Waals surface area contributed by atoms with E-state index in [2.05, 4.69) is 39.3 Å². The molecule has 0 aliphatic rings. The predicted molar refractivity (Wildman–Crippen MR) is 77.5 cm³/mol. The van der Waals surface area contributed by atoms with Crippen LogP contribution in [-0.2, 0) is 4.12 Å². The first-order valence-corrected chi connectivity index (χ1v) is 12.5. The number of phenolic OH excluding ortho intramolecular Hbond substituents is 2. The van der Waals surface area contributed by atoms with E-state index >= 15 is 0 Å². The van der Waals surface area contributed by atoms with Crippen molar-refractivity contribution in [1.82, 2.24) is 0 Å². The average molecular weight is 272 g/mol. The Kier molecular flexibility index (Phi) is 5.94. The highest BCUT2D eigenvalue weighted by Gasteiger charge is 2.24. The fourth-order valence-corrected chi connectivity index (χ4v) is 8.72. The molecule has 0 aliphatic carbocycles. The maximum Gasteiger partial charge on any atom is 0.170 e. The fraction of sp³-hybridized carbons (Fsp3) is 0.500. The van der Waals surface area contributed by atoms with E-state index in [0.717, 1.165) is 0 Å². The van der Waals surface area contributed by atoms with Crippen molar-refractivity contribution in [3.8, 4) is 11.5 Å². The summed E-state index contributed by atoms with van der Waals surface area (Å²) in [6.07, 6.45) is 0. The van der Waals surface area contributed by atoms with Crippen LogP contribution in [0, 0.1) is 0 Å². The van der Waals surface area contributed by atoms with E-state index in [0.29, 0.717) is 0 Å². The number of aromatic hydroxyl groups is 2. The van der Waals surface area contributed by atoms with Gasteiger partial charge in [-0.15, -0.1) is 0 Å². The van der Waals surface area contributed by atoms with Gasteiger partial charge in [0.1, 0.15) is 11.5 Å². The van der Waals surface area contributed by atoms with Crippen LogP contribution >= 0.6 is 0 Å². The van der Waals surface area contributed by atoms with Gasteiger partial charge in [0.15, 0.2) is 16.6 Å². The minimum atomic E-state index is -1.23. The maximum atomic E-state index is 8.65. The average Bonchev–Trinajstić information content (AvgIpc) is 2.04. The van der Waals surface area contributed by atoms with Gasteiger partial charge < -0.3 is 14.3 Å². The molecule has 3 nitrogen and oxygen atoms in total. The monoisotopic (exact) mass is 272 g/mol. The first kappa shape index (κ1) is 16.2. The molecule has 98 valence electrons. The minimum absolute atomic E-state index is 0.169. The highest BCUT2D eigenvalue weighted by molar-refractivity contribution is 6.83. The lowest BCUT2D eigenvalue weighted by Gasteiger charge is -2.27. The first-order chi connectivity index (χ1) is 7.49. The molecule has 0 amide bonds. The summed E-state index contributed by atoms with van der Waals surface area (Å²) < 4.78 is 5.90. The molecule has 5 heteroatoms. The van der Waals surface area contributed by atoms with E-state index < -0.39 is 16.6 Å². The van der Waals surface area contributed by atoms with Crippen LogP contribution in [0.4, 0.5) is 0 Å². The van der Waals surface area contributed by atoms with Gasteiger partial charge in [-0.1, -0.05) is 0 Å². The van der Waals surface area contributed by atoms with Crippen molar-refractivity contribution in [3.05, 3.63) is 24.3 Å². The normalized spacial score (nSPS) is 11.6. The molecule has 0 unspecified atom stereocenters. The van der Waals surface area contributed by atoms with Crippen molar-refractivity contribution < 1.29 is 14.3 Å². The lowest BCUT2D eigenvalue weighted by molar-refractivity contribution is 0.460. The third-order valence-electron chi connectivity index (χ3n) is 1.46. The summed E-state index contributed by atoms with van der Waals surface area (Å²) in [4.78, 5) is 0. The SMILES string of the molecule is C[Si](C)(C)O[Si](C)(C)C.Oc1ccc(O)cc1. The van der Waals surface area contributed by atoms with Crippen molar-refractivity contribution in [2.24, 2.45) is 0 Å². The van der Waals surface area contributed by atoms with Gasteiger partial charge in [-0.05, 0) is 63.5 Å². The maximum absolute atomic E-state index is 8.65. The Morgan fingerprint density at radius 1 is 0.706 bits per heavy atom. The van der Waals surface area contributed by atoms with Crippen LogP contribution in [0.2, 0.25) is 39.3 Å². The van der Waals surface area contributed by atoms with E-state index in [-0.39, 0.29) is 11.5 Å². The van der Waals surface area contributed by atoms with E-state index in [1.165, 1.54) is 24.3 Å². The van der Waals surface area contributed by atoms with E-state index in [4.69, 9.17) is 14.3 Å². The molecule has 0 saturated heterocycles. The van der Waals surface area contributed by atoms with Crippen LogP contribution < -0.4 is 0 Å². The smallest absolute Gasteiger partial charge is 0.170 e. The summed E-state index contributed by atoms with van der Waals surface area (Å²) in [6.45, 7) is 13.4. The lowest BCUT2D eigenvalue weighted by atomic mass is 10.3. The third-order valence-corrected chi connectivity index (χ3v) is 6.36. The van der Waals surface area contributed by atoms with Gasteiger partial charge in [0.05, 0.1) is 0 Å². The molecule has 0 saturated carbocycles. The highest BCUT2D eigenvalue weighted by atomic mass is 28.4. The zero-order valence-corrected chi connectivity index (χ0v) is 13.6. The second-order valence-corrected chi connectivity index (χ2v) is 15.1. The molecular formula is C12H24O3Si2. The van der Waals surface area contributed by atoms with E-state index in [9.17, 15) is 0 Å². The molecule has 0 fully saturated rings. The molecular weight excluding hydrogens is 248 g/mol. The molecule has 0 spiro atoms. The largest absolute Gasteiger partial charge is 0.508 e. The van der Waals surface area contributed by atoms with Crippen molar-refractivity contribution in [1.29, 1.82) is 0 Å². The number of phenols is 2. The van der Waals surface area contributed by atoms with Crippen LogP contribution in [0.3, 0.4) is 0 Å². The van der Waals surface area contributed by atoms with Crippen LogP contribution in [0.15, 0.2) is 24.3 Å². The van der Waals surface area contributed by atoms with Crippen LogP contribution in [-0.4, -0.2) is 26.8 Å². The Hall–Kier alpha value is -0.786. The van der Waals surface area contributed by atoms with Crippen LogP contribution in [0.5, 0.6) is 11.5 Å². The summed E-state index contributed by atoms with van der Waals surface area (Å²) in [7, 11) is -2.46. The fourth-order valence-electron chi connectivity index (χ4n) is 1.37. The molecule has 17 heavy (non-hydrogen) atoms. The van der Waals surface area contributed by atoms with Gasteiger partial charge in [0.2, 0.25) is 0 Å². The van der Waals surface area contributed by atoms with Gasteiger partial charge in [-0.25, -0.2) is 0 Å². The topological polar surface area (TPSA) is 49.7 Å². The van der Waals surface area contributed by atoms with E-state index in [1.54, 1.807) is 0 Å². The molecule has 1 aromatic carbocycles. The standard InChI is InChI=1S/C6H6O2.C6H18OSi2/c7-5-1-2-6(8)4-3-5;1-8(2,3)7-9(4,5)6/h1-4,7-8H;1-6H3. The molecule has 0 aromatic heterocycles. The molecule has 1 rings (SSSR count). The minimum Gasteiger partial charge on any atom is -0.508 e. The molecule has 0 bridgehead atoms. The molecule has 0 heterocycles. The highest BCUT2D eigenvalue weighted by Crippen LogP contribution is 2.13. The van der Waals surface area contributed by atoms with Crippen molar-refractivity contribution >= 4 is 16.6 Å². The summed E-state index contributed by atoms with van der Waals surface area (Å²) in [5.74, 6) is 0.339. The van der Waals surface area contributed by atoms with Crippen molar-refractivity contribution in [3.63, 3.8) is 0 Å². The predicted octanol–water partition coefficient (Wildman–Crippen LogP) is 3.77. The third kappa shape index (κ3) is 11.5. The Balaban J connectivity index is 0.000000302. The van der Waals surface area contributed by atoms with Crippen LogP contribution in [0.25, 0.3) is 0 Å². The van der Waals surface area contributed by atoms with Crippen LogP contribution in [0.1, 0.15) is 0 Å². The number of rotatable bonds is 2. The van der Waals surface area contributed by atoms with Crippen molar-refractivity contribution in [2.45, 2.75) is 39.3 Å². The first-order valence-electron chi connectivity index (χ1n) is 5.68. The molecule has 0 radical (unpaired) electrons. The second kappa shape index (κ2) is 6.23. The Labute approximate surface area is 106 Å².